The van der Waals surface area contributed by atoms with Crippen molar-refractivity contribution in [1.29, 1.82) is 5.53 Å². The maximum absolute atomic E-state index is 12.4. The summed E-state index contributed by atoms with van der Waals surface area (Å²) in [4.78, 5) is 12.4. The molecule has 4 heteroatoms. The van der Waals surface area contributed by atoms with E-state index in [0.29, 0.717) is 11.4 Å². The highest BCUT2D eigenvalue weighted by atomic mass is 35.5. The average molecular weight is 251 g/mol. The molecule has 1 aromatic rings. The molecule has 2 atom stereocenters. The molecule has 0 radical (unpaired) electrons. The normalized spacial score (nSPS) is 29.1. The van der Waals surface area contributed by atoms with Gasteiger partial charge in [0.25, 0.3) is 0 Å². The van der Waals surface area contributed by atoms with Crippen molar-refractivity contribution in [1.82, 2.24) is 0 Å². The first-order chi connectivity index (χ1) is 8.09. The Kier molecular flexibility index (Phi) is 3.29. The van der Waals surface area contributed by atoms with Crippen LogP contribution in [0.4, 0.5) is 0 Å². The minimum absolute atomic E-state index is 0.0202. The first-order valence-electron chi connectivity index (χ1n) is 5.75. The predicted octanol–water partition coefficient (Wildman–Crippen LogP) is 3.75. The molecule has 1 aliphatic carbocycles. The van der Waals surface area contributed by atoms with Gasteiger partial charge >= 0.3 is 0 Å². The summed E-state index contributed by atoms with van der Waals surface area (Å²) in [6.07, 6.45) is 2.37. The van der Waals surface area contributed by atoms with Crippen LogP contribution in [0, 0.1) is 5.53 Å². The Hall–Kier alpha value is -1.22. The van der Waals surface area contributed by atoms with Crippen molar-refractivity contribution in [3.63, 3.8) is 0 Å². The molecule has 0 heterocycles. The van der Waals surface area contributed by atoms with Crippen LogP contribution in [-0.4, -0.2) is 11.8 Å². The molecule has 0 spiro atoms. The summed E-state index contributed by atoms with van der Waals surface area (Å²) in [5.41, 5.74) is 7.36. The van der Waals surface area contributed by atoms with E-state index in [9.17, 15) is 4.79 Å². The van der Waals surface area contributed by atoms with Gasteiger partial charge in [-0.2, -0.15) is 5.11 Å². The van der Waals surface area contributed by atoms with E-state index >= 15 is 0 Å². The van der Waals surface area contributed by atoms with E-state index in [0.717, 1.165) is 18.4 Å². The van der Waals surface area contributed by atoms with Crippen LogP contribution in [0.1, 0.15) is 31.7 Å². The fraction of sp³-hybridized carbons (Fsp3) is 0.462. The van der Waals surface area contributed by atoms with Gasteiger partial charge in [-0.15, -0.1) is 0 Å². The molecule has 0 aromatic heterocycles. The fourth-order valence-corrected chi connectivity index (χ4v) is 2.91. The van der Waals surface area contributed by atoms with Crippen molar-refractivity contribution in [3.05, 3.63) is 34.9 Å². The zero-order chi connectivity index (χ0) is 12.5. The third-order valence-corrected chi connectivity index (χ3v) is 3.95. The monoisotopic (exact) mass is 250 g/mol. The molecule has 1 N–H and O–H groups in total. The van der Waals surface area contributed by atoms with Crippen LogP contribution in [0.25, 0.3) is 0 Å². The standard InChI is InChI=1S/C13H15ClN2O/c1-13(9-5-2-3-6-10(9)14)8-4-7-11(16-15)12(13)17/h2-3,5-6,11,15H,4,7-8H2,1H3. The molecule has 1 aliphatic rings. The Labute approximate surface area is 106 Å². The molecular formula is C13H15ClN2O. The minimum atomic E-state index is -0.591. The van der Waals surface area contributed by atoms with Crippen molar-refractivity contribution in [2.24, 2.45) is 5.11 Å². The second-order valence-electron chi connectivity index (χ2n) is 4.71. The summed E-state index contributed by atoms with van der Waals surface area (Å²) >= 11 is 6.17. The molecule has 1 saturated carbocycles. The molecule has 3 nitrogen and oxygen atoms in total. The maximum atomic E-state index is 12.4. The van der Waals surface area contributed by atoms with Crippen LogP contribution in [0.15, 0.2) is 29.4 Å². The third-order valence-electron chi connectivity index (χ3n) is 3.62. The van der Waals surface area contributed by atoms with Gasteiger partial charge in [-0.3, -0.25) is 4.79 Å². The van der Waals surface area contributed by atoms with Crippen LogP contribution in [0.3, 0.4) is 0 Å². The maximum Gasteiger partial charge on any atom is 0.169 e. The van der Waals surface area contributed by atoms with Crippen molar-refractivity contribution in [3.8, 4) is 0 Å². The van der Waals surface area contributed by atoms with Gasteiger partial charge in [-0.25, -0.2) is 5.53 Å². The lowest BCUT2D eigenvalue weighted by Crippen LogP contribution is -2.43. The van der Waals surface area contributed by atoms with Crippen LogP contribution >= 0.6 is 11.6 Å². The van der Waals surface area contributed by atoms with Gasteiger partial charge in [0, 0.05) is 5.02 Å². The lowest BCUT2D eigenvalue weighted by atomic mass is 9.68. The summed E-state index contributed by atoms with van der Waals surface area (Å²) in [6, 6.07) is 6.95. The van der Waals surface area contributed by atoms with Crippen molar-refractivity contribution in [2.45, 2.75) is 37.6 Å². The van der Waals surface area contributed by atoms with Gasteiger partial charge in [0.15, 0.2) is 5.78 Å². The zero-order valence-corrected chi connectivity index (χ0v) is 10.5. The van der Waals surface area contributed by atoms with Gasteiger partial charge in [0.2, 0.25) is 0 Å². The van der Waals surface area contributed by atoms with Gasteiger partial charge < -0.3 is 0 Å². The number of ketones is 1. The molecule has 2 rings (SSSR count). The zero-order valence-electron chi connectivity index (χ0n) is 9.74. The largest absolute Gasteiger partial charge is 0.296 e. The molecular weight excluding hydrogens is 236 g/mol. The quantitative estimate of drug-likeness (QED) is 0.799. The highest BCUT2D eigenvalue weighted by Gasteiger charge is 2.43. The number of hydrogen-bond acceptors (Lipinski definition) is 3. The van der Waals surface area contributed by atoms with Crippen LogP contribution in [0.5, 0.6) is 0 Å². The molecule has 0 saturated heterocycles. The van der Waals surface area contributed by atoms with Crippen molar-refractivity contribution >= 4 is 17.4 Å². The molecule has 1 aromatic carbocycles. The lowest BCUT2D eigenvalue weighted by molar-refractivity contribution is -0.127. The van der Waals surface area contributed by atoms with E-state index in [1.165, 1.54) is 0 Å². The minimum Gasteiger partial charge on any atom is -0.296 e. The topological polar surface area (TPSA) is 53.3 Å². The number of rotatable bonds is 2. The van der Waals surface area contributed by atoms with E-state index in [2.05, 4.69) is 5.11 Å². The second kappa shape index (κ2) is 4.57. The number of hydrogen-bond donors (Lipinski definition) is 1. The predicted molar refractivity (Wildman–Crippen MR) is 66.6 cm³/mol. The van der Waals surface area contributed by atoms with Gasteiger partial charge in [-0.05, 0) is 37.8 Å². The summed E-state index contributed by atoms with van der Waals surface area (Å²) in [6.45, 7) is 1.91. The summed E-state index contributed by atoms with van der Waals surface area (Å²) in [5, 5.41) is 4.06. The number of carbonyl (C=O) groups excluding carboxylic acids is 1. The highest BCUT2D eigenvalue weighted by Crippen LogP contribution is 2.40. The van der Waals surface area contributed by atoms with Gasteiger partial charge in [-0.1, -0.05) is 29.8 Å². The molecule has 90 valence electrons. The summed E-state index contributed by atoms with van der Waals surface area (Å²) in [5.74, 6) is 0.0202. The summed E-state index contributed by atoms with van der Waals surface area (Å²) < 4.78 is 0. The fourth-order valence-electron chi connectivity index (χ4n) is 2.57. The number of benzene rings is 1. The van der Waals surface area contributed by atoms with E-state index < -0.39 is 11.5 Å². The number of halogens is 1. The third kappa shape index (κ3) is 2.00. The van der Waals surface area contributed by atoms with Gasteiger partial charge in [0.05, 0.1) is 5.41 Å². The molecule has 1 fully saturated rings. The van der Waals surface area contributed by atoms with E-state index in [4.69, 9.17) is 17.1 Å². The van der Waals surface area contributed by atoms with Crippen molar-refractivity contribution < 1.29 is 4.79 Å². The van der Waals surface area contributed by atoms with E-state index in [1.807, 2.05) is 25.1 Å². The SMILES string of the molecule is CC1(c2ccccc2Cl)CCCC(N=N)C1=O. The second-order valence-corrected chi connectivity index (χ2v) is 5.12. The molecule has 0 bridgehead atoms. The first kappa shape index (κ1) is 12.2. The molecule has 0 aliphatic heterocycles. The lowest BCUT2D eigenvalue weighted by Gasteiger charge is -2.35. The Morgan fingerprint density at radius 2 is 2.18 bits per heavy atom. The van der Waals surface area contributed by atoms with Gasteiger partial charge in [0.1, 0.15) is 6.04 Å². The summed E-state index contributed by atoms with van der Waals surface area (Å²) in [7, 11) is 0. The Bertz CT molecular complexity index is 460. The van der Waals surface area contributed by atoms with E-state index in [1.54, 1.807) is 6.07 Å². The van der Waals surface area contributed by atoms with Crippen LogP contribution in [-0.2, 0) is 10.2 Å². The van der Waals surface area contributed by atoms with Crippen molar-refractivity contribution in [2.75, 3.05) is 0 Å². The highest BCUT2D eigenvalue weighted by molar-refractivity contribution is 6.31. The number of carbonyl (C=O) groups is 1. The van der Waals surface area contributed by atoms with Crippen LogP contribution < -0.4 is 0 Å². The first-order valence-corrected chi connectivity index (χ1v) is 6.13. The molecule has 2 unspecified atom stereocenters. The Morgan fingerprint density at radius 1 is 1.47 bits per heavy atom. The number of nitrogens with zero attached hydrogens (tertiary/aromatic N) is 1. The Morgan fingerprint density at radius 3 is 2.82 bits per heavy atom. The number of Topliss-reactive ketones (excluding diaryl/α,β-unsaturated/α-hetero) is 1. The molecule has 0 amide bonds. The average Bonchev–Trinajstić information content (AvgIpc) is 2.33. The number of nitrogens with one attached hydrogen (secondary N) is 1. The Balaban J connectivity index is 2.45. The smallest absolute Gasteiger partial charge is 0.169 e. The van der Waals surface area contributed by atoms with E-state index in [-0.39, 0.29) is 5.78 Å². The molecule has 17 heavy (non-hydrogen) atoms. The van der Waals surface area contributed by atoms with Crippen LogP contribution in [0.2, 0.25) is 5.02 Å².